The molecule has 1 heteroatoms. The van der Waals surface area contributed by atoms with E-state index in [9.17, 15) is 0 Å². The normalized spacial score (nSPS) is 14.8. The molecule has 74 valence electrons. The maximum absolute atomic E-state index is 5.80. The molecule has 0 aromatic carbocycles. The van der Waals surface area contributed by atoms with Crippen LogP contribution in [0.25, 0.3) is 0 Å². The Hall–Kier alpha value is -0.0400. The van der Waals surface area contributed by atoms with Crippen LogP contribution in [0.3, 0.4) is 0 Å². The maximum atomic E-state index is 5.80. The maximum Gasteiger partial charge on any atom is 0.0620 e. The molecule has 0 amide bonds. The zero-order valence-corrected chi connectivity index (χ0v) is 9.31. The van der Waals surface area contributed by atoms with E-state index in [1.165, 1.54) is 12.8 Å². The minimum atomic E-state index is 0.294. The van der Waals surface area contributed by atoms with Crippen LogP contribution in [0.2, 0.25) is 0 Å². The Morgan fingerprint density at radius 2 is 1.75 bits per heavy atom. The Morgan fingerprint density at radius 1 is 1.17 bits per heavy atom. The molecule has 0 N–H and O–H groups in total. The molecule has 0 aromatic heterocycles. The molecule has 0 fully saturated rings. The van der Waals surface area contributed by atoms with Crippen molar-refractivity contribution in [2.45, 2.75) is 60.0 Å². The van der Waals surface area contributed by atoms with Gasteiger partial charge in [-0.15, -0.1) is 0 Å². The van der Waals surface area contributed by atoms with E-state index in [-0.39, 0.29) is 0 Å². The molecule has 12 heavy (non-hydrogen) atoms. The second-order valence-corrected chi connectivity index (χ2v) is 4.49. The molecule has 1 atom stereocenters. The van der Waals surface area contributed by atoms with E-state index in [1.54, 1.807) is 0 Å². The highest BCUT2D eigenvalue weighted by atomic mass is 16.5. The summed E-state index contributed by atoms with van der Waals surface area (Å²) in [7, 11) is 0. The van der Waals surface area contributed by atoms with E-state index in [1.807, 2.05) is 0 Å². The van der Waals surface area contributed by atoms with Crippen molar-refractivity contribution in [2.75, 3.05) is 6.61 Å². The van der Waals surface area contributed by atoms with Crippen molar-refractivity contribution in [3.05, 3.63) is 0 Å². The van der Waals surface area contributed by atoms with Gasteiger partial charge in [0, 0.05) is 6.61 Å². The summed E-state index contributed by atoms with van der Waals surface area (Å²) in [6.45, 7) is 12.0. The molecule has 0 bridgehead atoms. The summed E-state index contributed by atoms with van der Waals surface area (Å²) in [6.07, 6.45) is 3.95. The Morgan fingerprint density at radius 3 is 2.08 bits per heavy atom. The molecule has 0 saturated carbocycles. The summed E-state index contributed by atoms with van der Waals surface area (Å²) in [5, 5.41) is 0. The molecule has 0 heterocycles. The predicted octanol–water partition coefficient (Wildman–Crippen LogP) is 3.63. The SMILES string of the molecule is CCCCOC(CC)C(C)(C)C. The zero-order valence-electron chi connectivity index (χ0n) is 9.31. The minimum Gasteiger partial charge on any atom is -0.378 e. The molecular formula is C11H24O. The van der Waals surface area contributed by atoms with Crippen molar-refractivity contribution in [3.8, 4) is 0 Å². The van der Waals surface area contributed by atoms with Gasteiger partial charge in [0.15, 0.2) is 0 Å². The number of rotatable bonds is 5. The smallest absolute Gasteiger partial charge is 0.0620 e. The van der Waals surface area contributed by atoms with Crippen molar-refractivity contribution < 1.29 is 4.74 Å². The largest absolute Gasteiger partial charge is 0.378 e. The van der Waals surface area contributed by atoms with Crippen molar-refractivity contribution in [3.63, 3.8) is 0 Å². The third-order valence-corrected chi connectivity index (χ3v) is 2.15. The summed E-state index contributed by atoms with van der Waals surface area (Å²) in [4.78, 5) is 0. The number of hydrogen-bond acceptors (Lipinski definition) is 1. The predicted molar refractivity (Wildman–Crippen MR) is 54.4 cm³/mol. The summed E-state index contributed by atoms with van der Waals surface area (Å²) in [5.41, 5.74) is 0.294. The lowest BCUT2D eigenvalue weighted by Crippen LogP contribution is -2.28. The monoisotopic (exact) mass is 172 g/mol. The molecule has 0 radical (unpaired) electrons. The van der Waals surface area contributed by atoms with Crippen LogP contribution in [0.15, 0.2) is 0 Å². The summed E-state index contributed by atoms with van der Waals surface area (Å²) in [6, 6.07) is 0. The van der Waals surface area contributed by atoms with Crippen LogP contribution in [-0.2, 0) is 4.74 Å². The molecule has 0 aliphatic heterocycles. The second-order valence-electron chi connectivity index (χ2n) is 4.49. The van der Waals surface area contributed by atoms with Gasteiger partial charge in [-0.3, -0.25) is 0 Å². The molecule has 1 unspecified atom stereocenters. The fraction of sp³-hybridized carbons (Fsp3) is 1.00. The van der Waals surface area contributed by atoms with E-state index in [4.69, 9.17) is 4.74 Å². The first-order valence-electron chi connectivity index (χ1n) is 5.14. The summed E-state index contributed by atoms with van der Waals surface area (Å²) in [5.74, 6) is 0. The minimum absolute atomic E-state index is 0.294. The fourth-order valence-electron chi connectivity index (χ4n) is 1.35. The average molecular weight is 172 g/mol. The third kappa shape index (κ3) is 4.76. The standard InChI is InChI=1S/C11H24O/c1-6-8-9-12-10(7-2)11(3,4)5/h10H,6-9H2,1-5H3. The van der Waals surface area contributed by atoms with Gasteiger partial charge in [0.2, 0.25) is 0 Å². The van der Waals surface area contributed by atoms with Crippen LogP contribution in [-0.4, -0.2) is 12.7 Å². The topological polar surface area (TPSA) is 9.23 Å². The molecule has 0 aliphatic carbocycles. The van der Waals surface area contributed by atoms with Crippen LogP contribution in [0.4, 0.5) is 0 Å². The van der Waals surface area contributed by atoms with Crippen LogP contribution >= 0.6 is 0 Å². The third-order valence-electron chi connectivity index (χ3n) is 2.15. The highest BCUT2D eigenvalue weighted by molar-refractivity contribution is 4.72. The van der Waals surface area contributed by atoms with E-state index in [2.05, 4.69) is 34.6 Å². The van der Waals surface area contributed by atoms with E-state index in [0.717, 1.165) is 13.0 Å². The van der Waals surface area contributed by atoms with Crippen LogP contribution in [0.5, 0.6) is 0 Å². The quantitative estimate of drug-likeness (QED) is 0.575. The first-order valence-corrected chi connectivity index (χ1v) is 5.14. The molecule has 0 rings (SSSR count). The van der Waals surface area contributed by atoms with Crippen LogP contribution in [0.1, 0.15) is 53.9 Å². The number of unbranched alkanes of at least 4 members (excludes halogenated alkanes) is 1. The van der Waals surface area contributed by atoms with Crippen molar-refractivity contribution in [2.24, 2.45) is 5.41 Å². The summed E-state index contributed by atoms with van der Waals surface area (Å²) >= 11 is 0. The highest BCUT2D eigenvalue weighted by Crippen LogP contribution is 2.24. The second kappa shape index (κ2) is 5.58. The van der Waals surface area contributed by atoms with Gasteiger partial charge >= 0.3 is 0 Å². The Kier molecular flexibility index (Phi) is 5.56. The lowest BCUT2D eigenvalue weighted by atomic mass is 9.87. The molecule has 0 aliphatic rings. The summed E-state index contributed by atoms with van der Waals surface area (Å²) < 4.78 is 5.80. The van der Waals surface area contributed by atoms with Crippen molar-refractivity contribution >= 4 is 0 Å². The fourth-order valence-corrected chi connectivity index (χ4v) is 1.35. The Bertz CT molecular complexity index is 102. The van der Waals surface area contributed by atoms with E-state index < -0.39 is 0 Å². The van der Waals surface area contributed by atoms with Crippen LogP contribution in [0, 0.1) is 5.41 Å². The molecular weight excluding hydrogens is 148 g/mol. The van der Waals surface area contributed by atoms with Gasteiger partial charge in [0.25, 0.3) is 0 Å². The molecule has 1 nitrogen and oxygen atoms in total. The number of ether oxygens (including phenoxy) is 1. The lowest BCUT2D eigenvalue weighted by Gasteiger charge is -2.29. The Balaban J connectivity index is 3.68. The van der Waals surface area contributed by atoms with Gasteiger partial charge in [0.05, 0.1) is 6.10 Å². The highest BCUT2D eigenvalue weighted by Gasteiger charge is 2.22. The van der Waals surface area contributed by atoms with E-state index in [0.29, 0.717) is 11.5 Å². The lowest BCUT2D eigenvalue weighted by molar-refractivity contribution is -0.0208. The first-order chi connectivity index (χ1) is 5.52. The van der Waals surface area contributed by atoms with Gasteiger partial charge in [-0.2, -0.15) is 0 Å². The van der Waals surface area contributed by atoms with Gasteiger partial charge < -0.3 is 4.74 Å². The molecule has 0 spiro atoms. The number of hydrogen-bond donors (Lipinski definition) is 0. The molecule has 0 saturated heterocycles. The first kappa shape index (κ1) is 12.0. The van der Waals surface area contributed by atoms with Gasteiger partial charge in [-0.1, -0.05) is 41.0 Å². The van der Waals surface area contributed by atoms with Gasteiger partial charge in [-0.25, -0.2) is 0 Å². The van der Waals surface area contributed by atoms with E-state index >= 15 is 0 Å². The van der Waals surface area contributed by atoms with Crippen molar-refractivity contribution in [1.29, 1.82) is 0 Å². The van der Waals surface area contributed by atoms with Crippen molar-refractivity contribution in [1.82, 2.24) is 0 Å². The molecule has 0 aromatic rings. The Labute approximate surface area is 77.5 Å². The zero-order chi connectivity index (χ0) is 9.61. The van der Waals surface area contributed by atoms with Gasteiger partial charge in [0.1, 0.15) is 0 Å². The van der Waals surface area contributed by atoms with Crippen LogP contribution < -0.4 is 0 Å². The van der Waals surface area contributed by atoms with Gasteiger partial charge in [-0.05, 0) is 18.3 Å². The average Bonchev–Trinajstić information content (AvgIpc) is 1.95.